The van der Waals surface area contributed by atoms with Crippen molar-refractivity contribution < 1.29 is 14.3 Å². The van der Waals surface area contributed by atoms with Gasteiger partial charge in [0.05, 0.1) is 31.1 Å². The van der Waals surface area contributed by atoms with Crippen LogP contribution in [0.5, 0.6) is 0 Å². The second-order valence-electron chi connectivity index (χ2n) is 5.28. The molecular formula is C16H24N2O3. The lowest BCUT2D eigenvalue weighted by Gasteiger charge is -2.35. The third kappa shape index (κ3) is 3.95. The highest BCUT2D eigenvalue weighted by Gasteiger charge is 2.22. The van der Waals surface area contributed by atoms with Gasteiger partial charge in [-0.1, -0.05) is 19.1 Å². The fourth-order valence-corrected chi connectivity index (χ4v) is 2.67. The Kier molecular flexibility index (Phi) is 5.59. The summed E-state index contributed by atoms with van der Waals surface area (Å²) < 4.78 is 10.7. The zero-order valence-electron chi connectivity index (χ0n) is 13.0. The molecule has 1 aromatic rings. The van der Waals surface area contributed by atoms with Gasteiger partial charge in [0.1, 0.15) is 0 Å². The van der Waals surface area contributed by atoms with Crippen molar-refractivity contribution in [2.45, 2.75) is 13.0 Å². The van der Waals surface area contributed by atoms with Crippen LogP contribution in [-0.2, 0) is 9.47 Å². The minimum Gasteiger partial charge on any atom is -0.465 e. The smallest absolute Gasteiger partial charge is 0.339 e. The summed E-state index contributed by atoms with van der Waals surface area (Å²) in [5.74, 6) is -0.308. The molecule has 0 radical (unpaired) electrons. The fraction of sp³-hybridized carbons (Fsp3) is 0.562. The molecule has 116 valence electrons. The number of benzene rings is 1. The molecule has 0 saturated carbocycles. The van der Waals surface area contributed by atoms with Crippen molar-refractivity contribution in [1.29, 1.82) is 0 Å². The van der Waals surface area contributed by atoms with Gasteiger partial charge >= 0.3 is 5.97 Å². The molecule has 0 amide bonds. The molecule has 1 heterocycles. The number of morpholine rings is 1. The van der Waals surface area contributed by atoms with Gasteiger partial charge in [0.15, 0.2) is 0 Å². The number of rotatable bonds is 5. The highest BCUT2D eigenvalue weighted by Crippen LogP contribution is 2.21. The first-order valence-corrected chi connectivity index (χ1v) is 7.38. The Bertz CT molecular complexity index is 478. The molecule has 0 N–H and O–H groups in total. The van der Waals surface area contributed by atoms with Crippen LogP contribution < -0.4 is 4.90 Å². The van der Waals surface area contributed by atoms with Crippen molar-refractivity contribution in [1.82, 2.24) is 4.90 Å². The number of likely N-dealkylation sites (N-methyl/N-ethyl adjacent to an activating group) is 2. The number of nitrogens with zero attached hydrogens (tertiary/aromatic N) is 2. The Balaban J connectivity index is 2.06. The van der Waals surface area contributed by atoms with Crippen molar-refractivity contribution in [2.24, 2.45) is 0 Å². The van der Waals surface area contributed by atoms with Crippen LogP contribution in [0.25, 0.3) is 0 Å². The zero-order chi connectivity index (χ0) is 15.2. The van der Waals surface area contributed by atoms with Crippen LogP contribution in [0.2, 0.25) is 0 Å². The summed E-state index contributed by atoms with van der Waals surface area (Å²) in [5.41, 5.74) is 1.47. The quantitative estimate of drug-likeness (QED) is 0.772. The van der Waals surface area contributed by atoms with E-state index >= 15 is 0 Å². The van der Waals surface area contributed by atoms with Crippen LogP contribution in [0.4, 0.5) is 5.69 Å². The molecule has 1 aliphatic rings. The Morgan fingerprint density at radius 1 is 1.48 bits per heavy atom. The van der Waals surface area contributed by atoms with E-state index in [0.717, 1.165) is 38.5 Å². The standard InChI is InChI=1S/C16H24N2O3/c1-4-18-9-10-21-13(12-18)11-17(2)15-8-6-5-7-14(15)16(19)20-3/h5-8,13H,4,9-12H2,1-3H3. The van der Waals surface area contributed by atoms with E-state index in [0.29, 0.717) is 5.56 Å². The molecule has 0 bridgehead atoms. The molecule has 1 fully saturated rings. The van der Waals surface area contributed by atoms with Crippen molar-refractivity contribution in [3.63, 3.8) is 0 Å². The summed E-state index contributed by atoms with van der Waals surface area (Å²) in [7, 11) is 3.39. The third-order valence-corrected chi connectivity index (χ3v) is 3.87. The maximum absolute atomic E-state index is 11.8. The summed E-state index contributed by atoms with van der Waals surface area (Å²) in [5, 5.41) is 0. The highest BCUT2D eigenvalue weighted by molar-refractivity contribution is 5.95. The fourth-order valence-electron chi connectivity index (χ4n) is 2.67. The van der Waals surface area contributed by atoms with E-state index in [1.807, 2.05) is 25.2 Å². The Labute approximate surface area is 126 Å². The SMILES string of the molecule is CCN1CCOC(CN(C)c2ccccc2C(=O)OC)C1. The Morgan fingerprint density at radius 2 is 2.24 bits per heavy atom. The Hall–Kier alpha value is -1.59. The van der Waals surface area contributed by atoms with Gasteiger partial charge in [0.25, 0.3) is 0 Å². The molecule has 21 heavy (non-hydrogen) atoms. The van der Waals surface area contributed by atoms with Crippen molar-refractivity contribution in [2.75, 3.05) is 51.8 Å². The normalized spacial score (nSPS) is 19.3. The topological polar surface area (TPSA) is 42.0 Å². The van der Waals surface area contributed by atoms with E-state index in [2.05, 4.69) is 16.7 Å². The number of carbonyl (C=O) groups excluding carboxylic acids is 1. The van der Waals surface area contributed by atoms with Gasteiger partial charge in [-0.2, -0.15) is 0 Å². The van der Waals surface area contributed by atoms with Gasteiger partial charge in [-0.15, -0.1) is 0 Å². The van der Waals surface area contributed by atoms with Crippen LogP contribution >= 0.6 is 0 Å². The van der Waals surface area contributed by atoms with Gasteiger partial charge in [-0.25, -0.2) is 4.79 Å². The van der Waals surface area contributed by atoms with Crippen LogP contribution in [-0.4, -0.2) is 63.9 Å². The lowest BCUT2D eigenvalue weighted by molar-refractivity contribution is -0.0216. The van der Waals surface area contributed by atoms with E-state index < -0.39 is 0 Å². The van der Waals surface area contributed by atoms with E-state index in [1.54, 1.807) is 6.07 Å². The summed E-state index contributed by atoms with van der Waals surface area (Å²) in [6.45, 7) is 6.66. The number of carbonyl (C=O) groups is 1. The van der Waals surface area contributed by atoms with E-state index in [4.69, 9.17) is 9.47 Å². The number of para-hydroxylation sites is 1. The number of ether oxygens (including phenoxy) is 2. The molecule has 0 aromatic heterocycles. The minimum atomic E-state index is -0.308. The molecule has 1 saturated heterocycles. The maximum atomic E-state index is 11.8. The lowest BCUT2D eigenvalue weighted by atomic mass is 10.1. The number of anilines is 1. The monoisotopic (exact) mass is 292 g/mol. The van der Waals surface area contributed by atoms with E-state index in [-0.39, 0.29) is 12.1 Å². The number of hydrogen-bond donors (Lipinski definition) is 0. The third-order valence-electron chi connectivity index (χ3n) is 3.87. The molecule has 5 nitrogen and oxygen atoms in total. The zero-order valence-corrected chi connectivity index (χ0v) is 13.0. The molecule has 1 aliphatic heterocycles. The molecule has 1 aromatic carbocycles. The molecule has 1 atom stereocenters. The average Bonchev–Trinajstić information content (AvgIpc) is 2.54. The van der Waals surface area contributed by atoms with Crippen molar-refractivity contribution in [3.05, 3.63) is 29.8 Å². The molecule has 2 rings (SSSR count). The largest absolute Gasteiger partial charge is 0.465 e. The average molecular weight is 292 g/mol. The van der Waals surface area contributed by atoms with Gasteiger partial charge in [-0.05, 0) is 18.7 Å². The Morgan fingerprint density at radius 3 is 2.95 bits per heavy atom. The summed E-state index contributed by atoms with van der Waals surface area (Å²) in [6.07, 6.45) is 0.161. The summed E-state index contributed by atoms with van der Waals surface area (Å²) in [6, 6.07) is 7.50. The van der Waals surface area contributed by atoms with Gasteiger partial charge in [0.2, 0.25) is 0 Å². The molecule has 5 heteroatoms. The first-order chi connectivity index (χ1) is 10.2. The molecule has 0 aliphatic carbocycles. The summed E-state index contributed by atoms with van der Waals surface area (Å²) >= 11 is 0. The first kappa shape index (κ1) is 15.8. The highest BCUT2D eigenvalue weighted by atomic mass is 16.5. The van der Waals surface area contributed by atoms with Crippen LogP contribution in [0, 0.1) is 0 Å². The lowest BCUT2D eigenvalue weighted by Crippen LogP contribution is -2.47. The molecule has 0 spiro atoms. The number of hydrogen-bond acceptors (Lipinski definition) is 5. The van der Waals surface area contributed by atoms with E-state index in [9.17, 15) is 4.79 Å². The second-order valence-corrected chi connectivity index (χ2v) is 5.28. The number of esters is 1. The maximum Gasteiger partial charge on any atom is 0.339 e. The van der Waals surface area contributed by atoms with Gasteiger partial charge in [0, 0.05) is 26.7 Å². The second kappa shape index (κ2) is 7.43. The van der Waals surface area contributed by atoms with Crippen molar-refractivity contribution in [3.8, 4) is 0 Å². The van der Waals surface area contributed by atoms with Crippen molar-refractivity contribution >= 4 is 11.7 Å². The molecular weight excluding hydrogens is 268 g/mol. The summed E-state index contributed by atoms with van der Waals surface area (Å²) in [4.78, 5) is 16.3. The van der Waals surface area contributed by atoms with Gasteiger partial charge in [-0.3, -0.25) is 4.90 Å². The van der Waals surface area contributed by atoms with Crippen LogP contribution in [0.1, 0.15) is 17.3 Å². The van der Waals surface area contributed by atoms with Crippen LogP contribution in [0.15, 0.2) is 24.3 Å². The number of methoxy groups -OCH3 is 1. The minimum absolute atomic E-state index is 0.161. The predicted octanol–water partition coefficient (Wildman–Crippen LogP) is 1.63. The van der Waals surface area contributed by atoms with E-state index in [1.165, 1.54) is 7.11 Å². The van der Waals surface area contributed by atoms with Crippen LogP contribution in [0.3, 0.4) is 0 Å². The predicted molar refractivity (Wildman–Crippen MR) is 82.9 cm³/mol. The molecule has 1 unspecified atom stereocenters. The first-order valence-electron chi connectivity index (χ1n) is 7.38. The van der Waals surface area contributed by atoms with Gasteiger partial charge < -0.3 is 14.4 Å².